The van der Waals surface area contributed by atoms with Gasteiger partial charge in [-0.15, -0.1) is 0 Å². The number of benzene rings is 3. The fourth-order valence-corrected chi connectivity index (χ4v) is 3.00. The summed E-state index contributed by atoms with van der Waals surface area (Å²) in [4.78, 5) is 26.6. The molecule has 0 saturated carbocycles. The van der Waals surface area contributed by atoms with Crippen LogP contribution in [0.1, 0.15) is 15.9 Å². The summed E-state index contributed by atoms with van der Waals surface area (Å²) in [5, 5.41) is 18.4. The minimum Gasteiger partial charge on any atom is -0.452 e. The van der Waals surface area contributed by atoms with Crippen LogP contribution in [0.15, 0.2) is 78.9 Å². The van der Waals surface area contributed by atoms with Gasteiger partial charge in [0.15, 0.2) is 6.61 Å². The smallest absolute Gasteiger partial charge is 0.339 e. The van der Waals surface area contributed by atoms with Gasteiger partial charge in [0.1, 0.15) is 6.54 Å². The number of hydrogen-bond donors (Lipinski definition) is 0. The molecule has 3 aromatic rings. The van der Waals surface area contributed by atoms with Crippen LogP contribution < -0.4 is 4.90 Å². The number of ether oxygens (including phenoxy) is 1. The highest BCUT2D eigenvalue weighted by Crippen LogP contribution is 2.27. The van der Waals surface area contributed by atoms with E-state index >= 15 is 0 Å². The molecule has 6 heteroatoms. The van der Waals surface area contributed by atoms with Gasteiger partial charge in [0.25, 0.3) is 5.91 Å². The molecule has 0 heterocycles. The minimum atomic E-state index is -0.684. The summed E-state index contributed by atoms with van der Waals surface area (Å²) in [5.41, 5.74) is 2.37. The molecular weight excluding hydrogens is 378 g/mol. The standard InChI is InChI=1S/C24H17N3O3/c25-14-15-27(19-9-2-1-3-10-19)23(28)17-30-24(29)22-13-7-6-12-21(22)20-11-5-4-8-18(20)16-26/h1-13H,15,17H2. The summed E-state index contributed by atoms with van der Waals surface area (Å²) in [7, 11) is 0. The zero-order chi connectivity index (χ0) is 21.3. The van der Waals surface area contributed by atoms with Crippen LogP contribution in [-0.2, 0) is 9.53 Å². The number of carbonyl (C=O) groups excluding carboxylic acids is 2. The number of nitriles is 2. The van der Waals surface area contributed by atoms with Crippen molar-refractivity contribution in [3.8, 4) is 23.3 Å². The molecule has 0 saturated heterocycles. The molecule has 0 aliphatic rings. The molecule has 0 spiro atoms. The van der Waals surface area contributed by atoms with Crippen molar-refractivity contribution in [2.75, 3.05) is 18.1 Å². The van der Waals surface area contributed by atoms with Crippen LogP contribution in [-0.4, -0.2) is 25.0 Å². The highest BCUT2D eigenvalue weighted by molar-refractivity contribution is 6.00. The van der Waals surface area contributed by atoms with Crippen molar-refractivity contribution in [2.24, 2.45) is 0 Å². The molecule has 146 valence electrons. The maximum atomic E-state index is 12.7. The van der Waals surface area contributed by atoms with Gasteiger partial charge in [0.05, 0.1) is 23.3 Å². The van der Waals surface area contributed by atoms with Gasteiger partial charge in [-0.3, -0.25) is 9.69 Å². The summed E-state index contributed by atoms with van der Waals surface area (Å²) in [6.07, 6.45) is 0. The second-order valence-electron chi connectivity index (χ2n) is 6.25. The van der Waals surface area contributed by atoms with Gasteiger partial charge >= 0.3 is 5.97 Å². The molecule has 0 N–H and O–H groups in total. The molecule has 0 aliphatic carbocycles. The zero-order valence-corrected chi connectivity index (χ0v) is 16.0. The Morgan fingerprint density at radius 2 is 1.47 bits per heavy atom. The number of hydrogen-bond acceptors (Lipinski definition) is 5. The second kappa shape index (κ2) is 9.68. The van der Waals surface area contributed by atoms with Gasteiger partial charge in [-0.1, -0.05) is 54.6 Å². The van der Waals surface area contributed by atoms with Gasteiger partial charge in [0, 0.05) is 11.3 Å². The average Bonchev–Trinajstić information content (AvgIpc) is 2.81. The summed E-state index contributed by atoms with van der Waals surface area (Å²) in [6, 6.07) is 26.5. The Hall–Kier alpha value is -4.42. The number of para-hydroxylation sites is 1. The van der Waals surface area contributed by atoms with Crippen LogP contribution in [0.25, 0.3) is 11.1 Å². The molecule has 3 aromatic carbocycles. The first-order chi connectivity index (χ1) is 14.7. The summed E-state index contributed by atoms with van der Waals surface area (Å²) in [5.74, 6) is -1.19. The highest BCUT2D eigenvalue weighted by atomic mass is 16.5. The van der Waals surface area contributed by atoms with Crippen LogP contribution in [0, 0.1) is 22.7 Å². The predicted octanol–water partition coefficient (Wildman–Crippen LogP) is 3.94. The normalized spacial score (nSPS) is 9.80. The topological polar surface area (TPSA) is 94.2 Å². The fourth-order valence-electron chi connectivity index (χ4n) is 3.00. The number of nitrogens with zero attached hydrogens (tertiary/aromatic N) is 3. The molecule has 0 atom stereocenters. The van der Waals surface area contributed by atoms with Crippen molar-refractivity contribution < 1.29 is 14.3 Å². The van der Waals surface area contributed by atoms with Crippen molar-refractivity contribution in [3.05, 3.63) is 90.0 Å². The van der Waals surface area contributed by atoms with Crippen molar-refractivity contribution in [1.82, 2.24) is 0 Å². The van der Waals surface area contributed by atoms with E-state index in [0.717, 1.165) is 0 Å². The number of rotatable bonds is 6. The lowest BCUT2D eigenvalue weighted by atomic mass is 9.96. The van der Waals surface area contributed by atoms with E-state index in [0.29, 0.717) is 22.4 Å². The van der Waals surface area contributed by atoms with Crippen molar-refractivity contribution in [3.63, 3.8) is 0 Å². The molecule has 0 unspecified atom stereocenters. The maximum Gasteiger partial charge on any atom is 0.339 e. The average molecular weight is 395 g/mol. The lowest BCUT2D eigenvalue weighted by Gasteiger charge is -2.19. The maximum absolute atomic E-state index is 12.7. The third kappa shape index (κ3) is 4.52. The number of esters is 1. The van der Waals surface area contributed by atoms with Crippen LogP contribution >= 0.6 is 0 Å². The molecule has 0 aliphatic heterocycles. The first kappa shape index (κ1) is 20.3. The van der Waals surface area contributed by atoms with Crippen molar-refractivity contribution in [1.29, 1.82) is 10.5 Å². The Kier molecular flexibility index (Phi) is 6.55. The molecule has 0 bridgehead atoms. The molecule has 1 amide bonds. The minimum absolute atomic E-state index is 0.160. The predicted molar refractivity (Wildman–Crippen MR) is 111 cm³/mol. The molecule has 0 radical (unpaired) electrons. The molecule has 30 heavy (non-hydrogen) atoms. The SMILES string of the molecule is N#CCN(C(=O)COC(=O)c1ccccc1-c1ccccc1C#N)c1ccccc1. The second-order valence-corrected chi connectivity index (χ2v) is 6.25. The largest absolute Gasteiger partial charge is 0.452 e. The van der Waals surface area contributed by atoms with Gasteiger partial charge in [0.2, 0.25) is 0 Å². The Morgan fingerprint density at radius 3 is 2.17 bits per heavy atom. The van der Waals surface area contributed by atoms with E-state index < -0.39 is 18.5 Å². The van der Waals surface area contributed by atoms with E-state index in [1.807, 2.05) is 6.07 Å². The van der Waals surface area contributed by atoms with Crippen molar-refractivity contribution >= 4 is 17.6 Å². The third-order valence-electron chi connectivity index (χ3n) is 4.41. The lowest BCUT2D eigenvalue weighted by Crippen LogP contribution is -2.35. The Morgan fingerprint density at radius 1 is 0.833 bits per heavy atom. The van der Waals surface area contributed by atoms with Crippen LogP contribution in [0.4, 0.5) is 5.69 Å². The molecule has 6 nitrogen and oxygen atoms in total. The number of anilines is 1. The molecular formula is C24H17N3O3. The summed E-state index contributed by atoms with van der Waals surface area (Å²) < 4.78 is 5.25. The van der Waals surface area contributed by atoms with Crippen molar-refractivity contribution in [2.45, 2.75) is 0 Å². The molecule has 3 rings (SSSR count). The van der Waals surface area contributed by atoms with Crippen LogP contribution in [0.3, 0.4) is 0 Å². The van der Waals surface area contributed by atoms with Gasteiger partial charge in [-0.05, 0) is 29.8 Å². The quantitative estimate of drug-likeness (QED) is 0.465. The van der Waals surface area contributed by atoms with E-state index in [9.17, 15) is 14.9 Å². The number of carbonyl (C=O) groups is 2. The van der Waals surface area contributed by atoms with E-state index in [4.69, 9.17) is 10.00 Å². The molecule has 0 fully saturated rings. The lowest BCUT2D eigenvalue weighted by molar-refractivity contribution is -0.121. The van der Waals surface area contributed by atoms with Crippen LogP contribution in [0.2, 0.25) is 0 Å². The number of amides is 1. The van der Waals surface area contributed by atoms with Gasteiger partial charge in [-0.25, -0.2) is 4.79 Å². The summed E-state index contributed by atoms with van der Waals surface area (Å²) in [6.45, 7) is -0.670. The Balaban J connectivity index is 1.80. The fraction of sp³-hybridized carbons (Fsp3) is 0.0833. The van der Waals surface area contributed by atoms with Crippen LogP contribution in [0.5, 0.6) is 0 Å². The molecule has 0 aromatic heterocycles. The first-order valence-electron chi connectivity index (χ1n) is 9.13. The van der Waals surface area contributed by atoms with E-state index in [-0.39, 0.29) is 12.1 Å². The third-order valence-corrected chi connectivity index (χ3v) is 4.41. The van der Waals surface area contributed by atoms with E-state index in [1.54, 1.807) is 78.9 Å². The highest BCUT2D eigenvalue weighted by Gasteiger charge is 2.20. The Bertz CT molecular complexity index is 1140. The van der Waals surface area contributed by atoms with Gasteiger partial charge < -0.3 is 4.74 Å². The summed E-state index contributed by atoms with van der Waals surface area (Å²) >= 11 is 0. The monoisotopic (exact) mass is 395 g/mol. The van der Waals surface area contributed by atoms with E-state index in [2.05, 4.69) is 6.07 Å². The van der Waals surface area contributed by atoms with E-state index in [1.165, 1.54) is 4.90 Å². The first-order valence-corrected chi connectivity index (χ1v) is 9.13. The van der Waals surface area contributed by atoms with Gasteiger partial charge in [-0.2, -0.15) is 10.5 Å². The zero-order valence-electron chi connectivity index (χ0n) is 16.0. The Labute approximate surface area is 174 Å².